The van der Waals surface area contributed by atoms with Gasteiger partial charge in [0.25, 0.3) is 0 Å². The molecule has 1 aromatic rings. The zero-order valence-corrected chi connectivity index (χ0v) is 11.2. The monoisotopic (exact) mass is 300 g/mol. The first-order valence-corrected chi connectivity index (χ1v) is 6.53. The predicted molar refractivity (Wildman–Crippen MR) is 66.6 cm³/mol. The second kappa shape index (κ2) is 5.27. The molecule has 1 heterocycles. The lowest BCUT2D eigenvalue weighted by Crippen LogP contribution is -2.23. The lowest BCUT2D eigenvalue weighted by molar-refractivity contribution is 0.0689. The third-order valence-corrected chi connectivity index (χ3v) is 3.76. The second-order valence-corrected chi connectivity index (χ2v) is 5.06. The van der Waals surface area contributed by atoms with Gasteiger partial charge < -0.3 is 4.74 Å². The fourth-order valence-corrected chi connectivity index (χ4v) is 2.59. The molecule has 0 spiro atoms. The van der Waals surface area contributed by atoms with Gasteiger partial charge in [-0.1, -0.05) is 6.92 Å². The summed E-state index contributed by atoms with van der Waals surface area (Å²) in [6.07, 6.45) is 1.59. The van der Waals surface area contributed by atoms with Crippen molar-refractivity contribution in [1.82, 2.24) is 0 Å². The third kappa shape index (κ3) is 2.58. The van der Waals surface area contributed by atoms with Gasteiger partial charge in [0.1, 0.15) is 5.82 Å². The zero-order valence-electron chi connectivity index (χ0n) is 9.58. The molecule has 0 aromatic heterocycles. The molecule has 92 valence electrons. The molecule has 2 unspecified atom stereocenters. The summed E-state index contributed by atoms with van der Waals surface area (Å²) in [5, 5.41) is 0. The van der Waals surface area contributed by atoms with Crippen molar-refractivity contribution in [3.63, 3.8) is 0 Å². The van der Waals surface area contributed by atoms with Gasteiger partial charge in [0.05, 0.1) is 16.5 Å². The summed E-state index contributed by atoms with van der Waals surface area (Å²) in [6.45, 7) is 2.65. The number of carbonyl (C=O) groups excluding carboxylic acids is 1. The van der Waals surface area contributed by atoms with E-state index in [0.717, 1.165) is 12.8 Å². The number of halogens is 2. The summed E-state index contributed by atoms with van der Waals surface area (Å²) in [5.41, 5.74) is 0.548. The smallest absolute Gasteiger partial charge is 0.168 e. The van der Waals surface area contributed by atoms with Gasteiger partial charge in [0.2, 0.25) is 0 Å². The highest BCUT2D eigenvalue weighted by Crippen LogP contribution is 2.28. The lowest BCUT2D eigenvalue weighted by atomic mass is 9.90. The number of Topliss-reactive ketones (excluding diaryl/α,β-unsaturated/α-hetero) is 1. The van der Waals surface area contributed by atoms with Crippen molar-refractivity contribution in [1.29, 1.82) is 0 Å². The highest BCUT2D eigenvalue weighted by Gasteiger charge is 2.33. The molecule has 1 saturated heterocycles. The van der Waals surface area contributed by atoms with Crippen molar-refractivity contribution in [3.8, 4) is 0 Å². The topological polar surface area (TPSA) is 26.3 Å². The first kappa shape index (κ1) is 12.7. The van der Waals surface area contributed by atoms with E-state index in [-0.39, 0.29) is 23.6 Å². The molecular weight excluding hydrogens is 287 g/mol. The van der Waals surface area contributed by atoms with Crippen LogP contribution in [-0.4, -0.2) is 18.5 Å². The number of carbonyl (C=O) groups is 1. The molecule has 1 aliphatic rings. The van der Waals surface area contributed by atoms with Gasteiger partial charge in [-0.2, -0.15) is 0 Å². The fraction of sp³-hybridized carbons (Fsp3) is 0.462. The molecule has 17 heavy (non-hydrogen) atoms. The number of benzene rings is 1. The molecule has 0 aliphatic carbocycles. The molecular formula is C13H14BrFO2. The number of rotatable bonds is 3. The van der Waals surface area contributed by atoms with E-state index in [4.69, 9.17) is 4.74 Å². The highest BCUT2D eigenvalue weighted by molar-refractivity contribution is 9.10. The molecule has 4 heteroatoms. The zero-order chi connectivity index (χ0) is 12.4. The molecule has 1 aliphatic heterocycles. The summed E-state index contributed by atoms with van der Waals surface area (Å²) in [4.78, 5) is 12.3. The molecule has 0 saturated carbocycles. The van der Waals surface area contributed by atoms with Crippen LogP contribution >= 0.6 is 15.9 Å². The molecule has 2 atom stereocenters. The first-order chi connectivity index (χ1) is 8.13. The first-order valence-electron chi connectivity index (χ1n) is 5.74. The van der Waals surface area contributed by atoms with E-state index >= 15 is 0 Å². The summed E-state index contributed by atoms with van der Waals surface area (Å²) < 4.78 is 18.9. The minimum atomic E-state index is -0.351. The van der Waals surface area contributed by atoms with Crippen LogP contribution in [0, 0.1) is 11.7 Å². The van der Waals surface area contributed by atoms with E-state index in [0.29, 0.717) is 16.6 Å². The molecule has 2 rings (SSSR count). The second-order valence-electron chi connectivity index (χ2n) is 4.21. The van der Waals surface area contributed by atoms with E-state index in [1.54, 1.807) is 6.07 Å². The van der Waals surface area contributed by atoms with E-state index in [1.807, 2.05) is 6.92 Å². The van der Waals surface area contributed by atoms with Crippen molar-refractivity contribution >= 4 is 21.7 Å². The van der Waals surface area contributed by atoms with Crippen LogP contribution in [0.3, 0.4) is 0 Å². The summed E-state index contributed by atoms with van der Waals surface area (Å²) in [6, 6.07) is 4.39. The van der Waals surface area contributed by atoms with Crippen LogP contribution in [0.5, 0.6) is 0 Å². The Morgan fingerprint density at radius 2 is 2.35 bits per heavy atom. The van der Waals surface area contributed by atoms with Gasteiger partial charge in [0.15, 0.2) is 5.78 Å². The van der Waals surface area contributed by atoms with Gasteiger partial charge in [-0.15, -0.1) is 0 Å². The van der Waals surface area contributed by atoms with Crippen LogP contribution in [-0.2, 0) is 4.74 Å². The van der Waals surface area contributed by atoms with E-state index in [9.17, 15) is 9.18 Å². The number of ketones is 1. The average Bonchev–Trinajstić information content (AvgIpc) is 2.80. The molecule has 0 amide bonds. The summed E-state index contributed by atoms with van der Waals surface area (Å²) in [7, 11) is 0. The van der Waals surface area contributed by atoms with Crippen LogP contribution in [0.2, 0.25) is 0 Å². The summed E-state index contributed by atoms with van der Waals surface area (Å²) >= 11 is 3.10. The minimum Gasteiger partial charge on any atom is -0.377 e. The average molecular weight is 301 g/mol. The Morgan fingerprint density at radius 3 is 3.00 bits per heavy atom. The standard InChI is InChI=1S/C13H14BrFO2/c1-2-12-9(5-6-17-12)13(16)8-3-4-11(15)10(14)7-8/h3-4,7,9,12H,2,5-6H2,1H3. The maximum Gasteiger partial charge on any atom is 0.168 e. The Hall–Kier alpha value is -0.740. The fourth-order valence-electron chi connectivity index (χ4n) is 2.21. The molecule has 2 nitrogen and oxygen atoms in total. The Balaban J connectivity index is 2.21. The van der Waals surface area contributed by atoms with Crippen molar-refractivity contribution in [2.45, 2.75) is 25.9 Å². The number of hydrogen-bond acceptors (Lipinski definition) is 2. The van der Waals surface area contributed by atoms with Crippen molar-refractivity contribution in [3.05, 3.63) is 34.1 Å². The molecule has 1 fully saturated rings. The van der Waals surface area contributed by atoms with Gasteiger partial charge in [-0.3, -0.25) is 4.79 Å². The molecule has 0 radical (unpaired) electrons. The predicted octanol–water partition coefficient (Wildman–Crippen LogP) is 3.59. The van der Waals surface area contributed by atoms with Crippen molar-refractivity contribution in [2.75, 3.05) is 6.61 Å². The van der Waals surface area contributed by atoms with Gasteiger partial charge in [-0.05, 0) is 47.0 Å². The SMILES string of the molecule is CCC1OCCC1C(=O)c1ccc(F)c(Br)c1. The quantitative estimate of drug-likeness (QED) is 0.798. The molecule has 0 bridgehead atoms. The van der Waals surface area contributed by atoms with Crippen LogP contribution in [0.25, 0.3) is 0 Å². The normalized spacial score (nSPS) is 23.9. The van der Waals surface area contributed by atoms with Gasteiger partial charge in [0, 0.05) is 12.2 Å². The van der Waals surface area contributed by atoms with E-state index < -0.39 is 0 Å². The summed E-state index contributed by atoms with van der Waals surface area (Å²) in [5.74, 6) is -0.385. The Labute approximate surface area is 108 Å². The van der Waals surface area contributed by atoms with Crippen LogP contribution < -0.4 is 0 Å². The van der Waals surface area contributed by atoms with Gasteiger partial charge in [-0.25, -0.2) is 4.39 Å². The van der Waals surface area contributed by atoms with E-state index in [2.05, 4.69) is 15.9 Å². The van der Waals surface area contributed by atoms with Crippen molar-refractivity contribution < 1.29 is 13.9 Å². The lowest BCUT2D eigenvalue weighted by Gasteiger charge is -2.15. The number of hydrogen-bond donors (Lipinski definition) is 0. The van der Waals surface area contributed by atoms with Crippen LogP contribution in [0.15, 0.2) is 22.7 Å². The minimum absolute atomic E-state index is 0.00586. The van der Waals surface area contributed by atoms with Gasteiger partial charge >= 0.3 is 0 Å². The van der Waals surface area contributed by atoms with Crippen molar-refractivity contribution in [2.24, 2.45) is 5.92 Å². The van der Waals surface area contributed by atoms with Crippen LogP contribution in [0.4, 0.5) is 4.39 Å². The maximum absolute atomic E-state index is 13.1. The molecule has 1 aromatic carbocycles. The number of ether oxygens (including phenoxy) is 1. The third-order valence-electron chi connectivity index (χ3n) is 3.15. The largest absolute Gasteiger partial charge is 0.377 e. The van der Waals surface area contributed by atoms with Crippen LogP contribution in [0.1, 0.15) is 30.1 Å². The maximum atomic E-state index is 13.1. The Morgan fingerprint density at radius 1 is 1.59 bits per heavy atom. The van der Waals surface area contributed by atoms with E-state index in [1.165, 1.54) is 12.1 Å². The Kier molecular flexibility index (Phi) is 3.94. The molecule has 0 N–H and O–H groups in total. The Bertz CT molecular complexity index is 433. The highest BCUT2D eigenvalue weighted by atomic mass is 79.9.